The maximum absolute atomic E-state index is 12.9. The van der Waals surface area contributed by atoms with Crippen LogP contribution in [-0.4, -0.2) is 44.5 Å². The van der Waals surface area contributed by atoms with Crippen molar-refractivity contribution in [2.45, 2.75) is 38.1 Å². The fourth-order valence-corrected chi connectivity index (χ4v) is 4.28. The first-order valence-corrected chi connectivity index (χ1v) is 10.7. The van der Waals surface area contributed by atoms with E-state index in [2.05, 4.69) is 20.6 Å². The molecule has 1 unspecified atom stereocenters. The summed E-state index contributed by atoms with van der Waals surface area (Å²) < 4.78 is 38.5. The van der Waals surface area contributed by atoms with E-state index >= 15 is 0 Å². The van der Waals surface area contributed by atoms with Crippen molar-refractivity contribution in [3.05, 3.63) is 64.5 Å². The lowest BCUT2D eigenvalue weighted by molar-refractivity contribution is -0.144. The van der Waals surface area contributed by atoms with E-state index in [1.165, 1.54) is 23.1 Å². The molecule has 180 valence electrons. The Labute approximate surface area is 195 Å². The zero-order chi connectivity index (χ0) is 24.9. The summed E-state index contributed by atoms with van der Waals surface area (Å²) in [4.78, 5) is 56.1. The second-order valence-corrected chi connectivity index (χ2v) is 8.39. The van der Waals surface area contributed by atoms with Gasteiger partial charge in [-0.05, 0) is 41.8 Å². The van der Waals surface area contributed by atoms with Gasteiger partial charge in [0.1, 0.15) is 6.04 Å². The molecule has 1 atom stereocenters. The minimum atomic E-state index is -4.62. The van der Waals surface area contributed by atoms with Crippen LogP contribution in [-0.2, 0) is 28.9 Å². The lowest BCUT2D eigenvalue weighted by Gasteiger charge is -2.29. The highest BCUT2D eigenvalue weighted by molar-refractivity contribution is 6.05. The second-order valence-electron chi connectivity index (χ2n) is 8.39. The van der Waals surface area contributed by atoms with Gasteiger partial charge in [0, 0.05) is 30.6 Å². The normalized spacial score (nSPS) is 18.1. The summed E-state index contributed by atoms with van der Waals surface area (Å²) in [6, 6.07) is 8.40. The monoisotopic (exact) mass is 485 g/mol. The third kappa shape index (κ3) is 4.22. The van der Waals surface area contributed by atoms with E-state index in [0.717, 1.165) is 5.56 Å². The number of rotatable bonds is 4. The number of amides is 4. The Bertz CT molecular complexity index is 1400. The topological polar surface area (TPSA) is 124 Å². The predicted octanol–water partition coefficient (Wildman–Crippen LogP) is 2.27. The van der Waals surface area contributed by atoms with Crippen LogP contribution in [0.2, 0.25) is 0 Å². The maximum atomic E-state index is 12.9. The van der Waals surface area contributed by atoms with Crippen LogP contribution >= 0.6 is 0 Å². The number of piperidine rings is 1. The molecule has 3 aromatic rings. The predicted molar refractivity (Wildman–Crippen MR) is 115 cm³/mol. The number of alkyl halides is 3. The van der Waals surface area contributed by atoms with Gasteiger partial charge in [0.25, 0.3) is 11.8 Å². The molecule has 2 aliphatic heterocycles. The van der Waals surface area contributed by atoms with Crippen molar-refractivity contribution >= 4 is 34.7 Å². The van der Waals surface area contributed by atoms with Gasteiger partial charge in [-0.2, -0.15) is 13.2 Å². The number of nitrogens with zero attached hydrogens (tertiary/aromatic N) is 2. The number of halogens is 3. The summed E-state index contributed by atoms with van der Waals surface area (Å²) in [5, 5.41) is 4.94. The smallest absolute Gasteiger partial charge is 0.348 e. The Hall–Kier alpha value is -4.22. The number of hydrogen-bond donors (Lipinski definition) is 3. The van der Waals surface area contributed by atoms with Gasteiger partial charge in [0.15, 0.2) is 0 Å². The summed E-state index contributed by atoms with van der Waals surface area (Å²) in [6.45, 7) is 0.323. The van der Waals surface area contributed by atoms with E-state index in [0.29, 0.717) is 11.1 Å². The van der Waals surface area contributed by atoms with Crippen molar-refractivity contribution in [2.75, 3.05) is 0 Å². The molecule has 1 saturated heterocycles. The van der Waals surface area contributed by atoms with E-state index in [9.17, 15) is 32.3 Å². The zero-order valence-electron chi connectivity index (χ0n) is 18.0. The molecule has 0 saturated carbocycles. The molecule has 2 aromatic carbocycles. The molecular weight excluding hydrogens is 467 g/mol. The van der Waals surface area contributed by atoms with E-state index in [1.807, 2.05) is 0 Å². The molecule has 35 heavy (non-hydrogen) atoms. The third-order valence-electron chi connectivity index (χ3n) is 6.06. The van der Waals surface area contributed by atoms with Gasteiger partial charge in [0.2, 0.25) is 17.6 Å². The quantitative estimate of drug-likeness (QED) is 0.489. The van der Waals surface area contributed by atoms with E-state index in [4.69, 9.17) is 0 Å². The summed E-state index contributed by atoms with van der Waals surface area (Å²) >= 11 is 0. The summed E-state index contributed by atoms with van der Waals surface area (Å²) in [5.74, 6) is -2.83. The van der Waals surface area contributed by atoms with Gasteiger partial charge in [-0.3, -0.25) is 24.5 Å². The Kier molecular flexibility index (Phi) is 5.30. The number of fused-ring (bicyclic) bond motifs is 2. The lowest BCUT2D eigenvalue weighted by Crippen LogP contribution is -2.52. The number of aromatic nitrogens is 2. The first-order chi connectivity index (χ1) is 16.6. The van der Waals surface area contributed by atoms with Crippen LogP contribution in [0.5, 0.6) is 0 Å². The highest BCUT2D eigenvalue weighted by atomic mass is 19.4. The van der Waals surface area contributed by atoms with Crippen molar-refractivity contribution in [1.82, 2.24) is 25.5 Å². The summed E-state index contributed by atoms with van der Waals surface area (Å²) in [7, 11) is 0. The minimum Gasteiger partial charge on any atom is -0.348 e. The number of H-pyrrole nitrogens is 1. The number of hydrogen-bond acceptors (Lipinski definition) is 5. The molecule has 3 heterocycles. The highest BCUT2D eigenvalue weighted by Crippen LogP contribution is 2.29. The van der Waals surface area contributed by atoms with Crippen molar-refractivity contribution in [2.24, 2.45) is 0 Å². The Morgan fingerprint density at radius 1 is 1.14 bits per heavy atom. The highest BCUT2D eigenvalue weighted by Gasteiger charge is 2.39. The average molecular weight is 485 g/mol. The van der Waals surface area contributed by atoms with Crippen LogP contribution in [0.4, 0.5) is 13.2 Å². The number of benzene rings is 2. The van der Waals surface area contributed by atoms with E-state index in [1.54, 1.807) is 18.2 Å². The zero-order valence-corrected chi connectivity index (χ0v) is 18.0. The van der Waals surface area contributed by atoms with E-state index in [-0.39, 0.29) is 54.3 Å². The van der Waals surface area contributed by atoms with Gasteiger partial charge in [-0.25, -0.2) is 4.98 Å². The molecular formula is C23H18F3N5O4. The summed E-state index contributed by atoms with van der Waals surface area (Å²) in [5.41, 5.74) is 2.11. The van der Waals surface area contributed by atoms with Crippen LogP contribution < -0.4 is 10.6 Å². The van der Waals surface area contributed by atoms with Crippen molar-refractivity contribution in [3.8, 4) is 0 Å². The lowest BCUT2D eigenvalue weighted by atomic mass is 10.0. The molecule has 5 rings (SSSR count). The SMILES string of the molecule is O=C1CCC(N2Cc3ccc(CNC(=O)c4ccc5nc(C(F)(F)F)[nH]c5c4)cc3C2=O)C(=O)N1. The van der Waals surface area contributed by atoms with Crippen molar-refractivity contribution in [1.29, 1.82) is 0 Å². The second kappa shape index (κ2) is 8.22. The van der Waals surface area contributed by atoms with Crippen LogP contribution in [0.25, 0.3) is 11.0 Å². The average Bonchev–Trinajstić information content (AvgIpc) is 3.38. The van der Waals surface area contributed by atoms with Gasteiger partial charge in [0.05, 0.1) is 11.0 Å². The third-order valence-corrected chi connectivity index (χ3v) is 6.06. The van der Waals surface area contributed by atoms with E-state index < -0.39 is 29.9 Å². The number of carbonyl (C=O) groups excluding carboxylic acids is 4. The van der Waals surface area contributed by atoms with Gasteiger partial charge in [-0.15, -0.1) is 0 Å². The van der Waals surface area contributed by atoms with Crippen molar-refractivity contribution in [3.63, 3.8) is 0 Å². The molecule has 1 aromatic heterocycles. The Balaban J connectivity index is 1.27. The van der Waals surface area contributed by atoms with Crippen LogP contribution in [0.15, 0.2) is 36.4 Å². The summed E-state index contributed by atoms with van der Waals surface area (Å²) in [6.07, 6.45) is -4.20. The van der Waals surface area contributed by atoms with Crippen molar-refractivity contribution < 1.29 is 32.3 Å². The first kappa shape index (κ1) is 22.6. The molecule has 12 heteroatoms. The largest absolute Gasteiger partial charge is 0.449 e. The number of aromatic amines is 1. The van der Waals surface area contributed by atoms with Crippen LogP contribution in [0.1, 0.15) is 50.5 Å². The number of nitrogens with one attached hydrogen (secondary N) is 3. The number of imide groups is 1. The Morgan fingerprint density at radius 3 is 2.69 bits per heavy atom. The van der Waals surface area contributed by atoms with Gasteiger partial charge in [-0.1, -0.05) is 12.1 Å². The van der Waals surface area contributed by atoms with Crippen LogP contribution in [0.3, 0.4) is 0 Å². The van der Waals surface area contributed by atoms with Crippen LogP contribution in [0, 0.1) is 0 Å². The molecule has 4 amide bonds. The van der Waals surface area contributed by atoms with Gasteiger partial charge < -0.3 is 15.2 Å². The molecule has 9 nitrogen and oxygen atoms in total. The fraction of sp³-hybridized carbons (Fsp3) is 0.261. The van der Waals surface area contributed by atoms with Gasteiger partial charge >= 0.3 is 6.18 Å². The number of imidazole rings is 1. The minimum absolute atomic E-state index is 0.0760. The molecule has 3 N–H and O–H groups in total. The molecule has 2 aliphatic rings. The molecule has 0 radical (unpaired) electrons. The first-order valence-electron chi connectivity index (χ1n) is 10.7. The maximum Gasteiger partial charge on any atom is 0.449 e. The fourth-order valence-electron chi connectivity index (χ4n) is 4.28. The number of carbonyl (C=O) groups is 4. The molecule has 0 spiro atoms. The molecule has 0 bridgehead atoms. The molecule has 1 fully saturated rings. The Morgan fingerprint density at radius 2 is 1.94 bits per heavy atom. The molecule has 0 aliphatic carbocycles. The standard InChI is InChI=1S/C23H18F3N5O4/c24-23(25,26)22-28-15-4-3-12(8-16(15)29-22)19(33)27-9-11-1-2-13-10-31(21(35)14(13)7-11)17-5-6-18(32)30-20(17)34/h1-4,7-8,17H,5-6,9-10H2,(H,27,33)(H,28,29)(H,30,32,34).